The number of aryl methyl sites for hydroxylation is 1. The number of hydrogen-bond acceptors (Lipinski definition) is 7. The minimum Gasteiger partial charge on any atom is -0.497 e. The highest BCUT2D eigenvalue weighted by atomic mass is 16.5. The summed E-state index contributed by atoms with van der Waals surface area (Å²) in [4.78, 5) is 34.5. The number of nitrogens with one attached hydrogen (secondary N) is 3. The number of pyridine rings is 2. The number of rotatable bonds is 15. The van der Waals surface area contributed by atoms with Crippen molar-refractivity contribution < 1.29 is 19.1 Å². The van der Waals surface area contributed by atoms with Gasteiger partial charge < -0.3 is 25.4 Å². The SMILES string of the molecule is COc1ccc(NC(=O)c2cccnc2CCCCCCCNc2ncccc2C(=O)Nc2ccc(OC)cc2)cc1. The molecule has 2 aromatic heterocycles. The van der Waals surface area contributed by atoms with Gasteiger partial charge in [0.25, 0.3) is 11.8 Å². The minimum atomic E-state index is -0.220. The van der Waals surface area contributed by atoms with Crippen molar-refractivity contribution in [3.05, 3.63) is 102 Å². The van der Waals surface area contributed by atoms with Gasteiger partial charge >= 0.3 is 0 Å². The van der Waals surface area contributed by atoms with Gasteiger partial charge in [0, 0.05) is 30.3 Å². The van der Waals surface area contributed by atoms with Crippen molar-refractivity contribution in [1.82, 2.24) is 9.97 Å². The van der Waals surface area contributed by atoms with Crippen molar-refractivity contribution in [2.45, 2.75) is 38.5 Å². The lowest BCUT2D eigenvalue weighted by molar-refractivity contribution is 0.101. The van der Waals surface area contributed by atoms with Crippen molar-refractivity contribution in [3.8, 4) is 11.5 Å². The molecule has 0 unspecified atom stereocenters. The fourth-order valence-corrected chi connectivity index (χ4v) is 4.47. The lowest BCUT2D eigenvalue weighted by Gasteiger charge is -2.12. The number of unbranched alkanes of at least 4 members (excludes halogenated alkanes) is 4. The molecule has 218 valence electrons. The number of anilines is 3. The summed E-state index contributed by atoms with van der Waals surface area (Å²) in [5.74, 6) is 1.65. The fourth-order valence-electron chi connectivity index (χ4n) is 4.47. The molecule has 9 heteroatoms. The number of aromatic nitrogens is 2. The minimum absolute atomic E-state index is 0.166. The van der Waals surface area contributed by atoms with E-state index in [1.54, 1.807) is 69.1 Å². The monoisotopic (exact) mass is 567 g/mol. The summed E-state index contributed by atoms with van der Waals surface area (Å²) in [6.45, 7) is 0.718. The Morgan fingerprint density at radius 3 is 1.79 bits per heavy atom. The summed E-state index contributed by atoms with van der Waals surface area (Å²) in [7, 11) is 3.21. The molecule has 0 bridgehead atoms. The van der Waals surface area contributed by atoms with Crippen LogP contribution in [0.2, 0.25) is 0 Å². The second-order valence-corrected chi connectivity index (χ2v) is 9.71. The van der Waals surface area contributed by atoms with E-state index in [1.165, 1.54) is 0 Å². The molecule has 0 aliphatic heterocycles. The summed E-state index contributed by atoms with van der Waals surface area (Å²) in [5, 5.41) is 9.15. The largest absolute Gasteiger partial charge is 0.497 e. The van der Waals surface area contributed by atoms with Crippen LogP contribution in [0.15, 0.2) is 85.2 Å². The Balaban J connectivity index is 1.17. The maximum Gasteiger partial charge on any atom is 0.259 e. The van der Waals surface area contributed by atoms with Gasteiger partial charge in [0.05, 0.1) is 31.0 Å². The van der Waals surface area contributed by atoms with E-state index >= 15 is 0 Å². The zero-order chi connectivity index (χ0) is 29.6. The number of carbonyl (C=O) groups excluding carboxylic acids is 2. The molecule has 9 nitrogen and oxygen atoms in total. The lowest BCUT2D eigenvalue weighted by atomic mass is 10.0. The molecule has 2 amide bonds. The second-order valence-electron chi connectivity index (χ2n) is 9.71. The molecule has 0 fully saturated rings. The molecule has 3 N–H and O–H groups in total. The number of nitrogens with zero attached hydrogens (tertiary/aromatic N) is 2. The van der Waals surface area contributed by atoms with Crippen LogP contribution in [0.5, 0.6) is 11.5 Å². The topological polar surface area (TPSA) is 114 Å². The summed E-state index contributed by atoms with van der Waals surface area (Å²) in [5.41, 5.74) is 3.29. The van der Waals surface area contributed by atoms with E-state index < -0.39 is 0 Å². The van der Waals surface area contributed by atoms with E-state index in [0.717, 1.165) is 62.3 Å². The van der Waals surface area contributed by atoms with Gasteiger partial charge in [-0.05, 0) is 92.1 Å². The fraction of sp³-hybridized carbons (Fsp3) is 0.273. The van der Waals surface area contributed by atoms with E-state index in [9.17, 15) is 9.59 Å². The smallest absolute Gasteiger partial charge is 0.259 e. The van der Waals surface area contributed by atoms with Gasteiger partial charge in [0.2, 0.25) is 0 Å². The first-order valence-electron chi connectivity index (χ1n) is 14.1. The third-order valence-corrected chi connectivity index (χ3v) is 6.77. The molecule has 0 spiro atoms. The average molecular weight is 568 g/mol. The first kappa shape index (κ1) is 30.0. The maximum atomic E-state index is 12.9. The van der Waals surface area contributed by atoms with Gasteiger partial charge in [-0.2, -0.15) is 0 Å². The predicted molar refractivity (Wildman–Crippen MR) is 166 cm³/mol. The molecule has 2 heterocycles. The highest BCUT2D eigenvalue weighted by Gasteiger charge is 2.14. The molecule has 4 aromatic rings. The molecular weight excluding hydrogens is 530 g/mol. The van der Waals surface area contributed by atoms with Crippen molar-refractivity contribution in [3.63, 3.8) is 0 Å². The third kappa shape index (κ3) is 8.79. The van der Waals surface area contributed by atoms with E-state index in [2.05, 4.69) is 25.9 Å². The van der Waals surface area contributed by atoms with Crippen LogP contribution in [0, 0.1) is 0 Å². The van der Waals surface area contributed by atoms with Crippen molar-refractivity contribution in [1.29, 1.82) is 0 Å². The Labute approximate surface area is 246 Å². The van der Waals surface area contributed by atoms with E-state index in [4.69, 9.17) is 9.47 Å². The Morgan fingerprint density at radius 2 is 1.17 bits per heavy atom. The Bertz CT molecular complexity index is 1330. The lowest BCUT2D eigenvalue weighted by Crippen LogP contribution is -2.16. The summed E-state index contributed by atoms with van der Waals surface area (Å²) >= 11 is 0. The summed E-state index contributed by atoms with van der Waals surface area (Å²) in [6, 6.07) is 21.6. The molecule has 0 aliphatic carbocycles. The van der Waals surface area contributed by atoms with Crippen LogP contribution >= 0.6 is 0 Å². The molecule has 4 rings (SSSR count). The highest BCUT2D eigenvalue weighted by molar-refractivity contribution is 6.07. The van der Waals surface area contributed by atoms with Gasteiger partial charge in [-0.15, -0.1) is 0 Å². The molecule has 2 aromatic carbocycles. The van der Waals surface area contributed by atoms with Crippen LogP contribution in [-0.4, -0.2) is 42.5 Å². The number of carbonyl (C=O) groups is 2. The Hall–Kier alpha value is -4.92. The van der Waals surface area contributed by atoms with Crippen LogP contribution in [0.25, 0.3) is 0 Å². The van der Waals surface area contributed by atoms with Crippen LogP contribution < -0.4 is 25.4 Å². The highest BCUT2D eigenvalue weighted by Crippen LogP contribution is 2.20. The third-order valence-electron chi connectivity index (χ3n) is 6.77. The summed E-state index contributed by atoms with van der Waals surface area (Å²) in [6.07, 6.45) is 9.19. The predicted octanol–water partition coefficient (Wildman–Crippen LogP) is 6.60. The molecule has 0 saturated carbocycles. The molecule has 42 heavy (non-hydrogen) atoms. The zero-order valence-corrected chi connectivity index (χ0v) is 24.1. The first-order valence-corrected chi connectivity index (χ1v) is 14.1. The number of ether oxygens (including phenoxy) is 2. The average Bonchev–Trinajstić information content (AvgIpc) is 3.03. The van der Waals surface area contributed by atoms with Crippen LogP contribution in [-0.2, 0) is 6.42 Å². The van der Waals surface area contributed by atoms with Crippen molar-refractivity contribution >= 4 is 29.0 Å². The summed E-state index contributed by atoms with van der Waals surface area (Å²) < 4.78 is 10.3. The van der Waals surface area contributed by atoms with Gasteiger partial charge in [-0.1, -0.05) is 19.3 Å². The van der Waals surface area contributed by atoms with Gasteiger partial charge in [-0.25, -0.2) is 4.98 Å². The molecule has 0 radical (unpaired) electrons. The molecule has 0 atom stereocenters. The van der Waals surface area contributed by atoms with Crippen molar-refractivity contribution in [2.75, 3.05) is 36.7 Å². The van der Waals surface area contributed by atoms with E-state index in [-0.39, 0.29) is 11.8 Å². The molecule has 0 saturated heterocycles. The van der Waals surface area contributed by atoms with Gasteiger partial charge in [-0.3, -0.25) is 14.6 Å². The van der Waals surface area contributed by atoms with Crippen LogP contribution in [0.3, 0.4) is 0 Å². The first-order chi connectivity index (χ1) is 20.6. The number of methoxy groups -OCH3 is 2. The maximum absolute atomic E-state index is 12.9. The number of benzene rings is 2. The van der Waals surface area contributed by atoms with Gasteiger partial charge in [0.15, 0.2) is 0 Å². The van der Waals surface area contributed by atoms with Crippen LogP contribution in [0.4, 0.5) is 17.2 Å². The Morgan fingerprint density at radius 1 is 0.643 bits per heavy atom. The normalized spacial score (nSPS) is 10.5. The van der Waals surface area contributed by atoms with E-state index in [1.807, 2.05) is 30.3 Å². The molecule has 0 aliphatic rings. The quantitative estimate of drug-likeness (QED) is 0.139. The Kier molecular flexibility index (Phi) is 11.3. The van der Waals surface area contributed by atoms with Crippen LogP contribution in [0.1, 0.15) is 58.5 Å². The number of hydrogen-bond donors (Lipinski definition) is 3. The number of amides is 2. The second kappa shape index (κ2) is 15.8. The van der Waals surface area contributed by atoms with E-state index in [0.29, 0.717) is 28.3 Å². The van der Waals surface area contributed by atoms with Crippen molar-refractivity contribution in [2.24, 2.45) is 0 Å². The molecular formula is C33H37N5O4. The standard InChI is InChI=1S/C33H37N5O4/c1-41-26-17-13-24(14-18-26)37-32(39)28-10-8-22-34-30(28)12-6-4-3-5-7-21-35-31-29(11-9-23-36-31)33(40)38-25-15-19-27(42-2)20-16-25/h8-11,13-20,22-23H,3-7,12,21H2,1-2H3,(H,35,36)(H,37,39)(H,38,40). The zero-order valence-electron chi connectivity index (χ0n) is 24.1. The van der Waals surface area contributed by atoms with Gasteiger partial charge in [0.1, 0.15) is 17.3 Å².